The standard InChI is InChI=1S/C26H24N6O3S2/c1-15-31-32-26(37-15)36-12-4-11-27-24(34)17-6-8-20-21(14-17)30-23(29-20)19-13-16(7-9-22(19)33)18-5-3-10-28-25(18)35-2/h3,5-10,13-14,33H,4,11-12H2,1-2H3,(H,27,34)(H,29,30). The number of ether oxygens (including phenoxy) is 1. The van der Waals surface area contributed by atoms with Gasteiger partial charge in [-0.1, -0.05) is 29.2 Å². The minimum Gasteiger partial charge on any atom is -0.507 e. The van der Waals surface area contributed by atoms with Crippen LogP contribution >= 0.6 is 23.1 Å². The van der Waals surface area contributed by atoms with Gasteiger partial charge in [0, 0.05) is 29.6 Å². The van der Waals surface area contributed by atoms with Gasteiger partial charge in [-0.15, -0.1) is 10.2 Å². The van der Waals surface area contributed by atoms with Crippen LogP contribution in [-0.2, 0) is 0 Å². The molecular weight excluding hydrogens is 508 g/mol. The summed E-state index contributed by atoms with van der Waals surface area (Å²) in [5, 5.41) is 22.6. The number of nitrogens with zero attached hydrogens (tertiary/aromatic N) is 4. The van der Waals surface area contributed by atoms with Crippen molar-refractivity contribution >= 4 is 40.0 Å². The number of aryl methyl sites for hydroxylation is 1. The van der Waals surface area contributed by atoms with Crippen molar-refractivity contribution < 1.29 is 14.6 Å². The number of hydrogen-bond acceptors (Lipinski definition) is 9. The van der Waals surface area contributed by atoms with Gasteiger partial charge in [0.1, 0.15) is 16.6 Å². The molecule has 0 fully saturated rings. The van der Waals surface area contributed by atoms with Crippen molar-refractivity contribution in [2.45, 2.75) is 17.7 Å². The molecule has 0 saturated heterocycles. The first-order valence-corrected chi connectivity index (χ1v) is 13.4. The first-order valence-electron chi connectivity index (χ1n) is 11.6. The van der Waals surface area contributed by atoms with Crippen LogP contribution in [0.2, 0.25) is 0 Å². The SMILES string of the molecule is COc1ncccc1-c1ccc(O)c(-c2nc3ccc(C(=O)NCCCSc4nnc(C)s4)cc3[nH]2)c1. The number of aromatic hydroxyl groups is 1. The second-order valence-electron chi connectivity index (χ2n) is 8.15. The summed E-state index contributed by atoms with van der Waals surface area (Å²) in [6.07, 6.45) is 2.49. The highest BCUT2D eigenvalue weighted by molar-refractivity contribution is 8.01. The number of aromatic nitrogens is 5. The minimum absolute atomic E-state index is 0.0881. The number of benzene rings is 2. The number of phenolic OH excluding ortho intramolecular Hbond substituents is 1. The Balaban J connectivity index is 1.29. The van der Waals surface area contributed by atoms with Crippen LogP contribution in [0.15, 0.2) is 59.1 Å². The molecule has 0 bridgehead atoms. The summed E-state index contributed by atoms with van der Waals surface area (Å²) in [5.74, 6) is 1.78. The van der Waals surface area contributed by atoms with Crippen molar-refractivity contribution in [3.63, 3.8) is 0 Å². The van der Waals surface area contributed by atoms with E-state index < -0.39 is 0 Å². The average molecular weight is 533 g/mol. The number of phenols is 1. The lowest BCUT2D eigenvalue weighted by Gasteiger charge is -2.09. The Kier molecular flexibility index (Phi) is 7.33. The molecule has 0 spiro atoms. The van der Waals surface area contributed by atoms with Crippen molar-refractivity contribution in [3.8, 4) is 34.1 Å². The van der Waals surface area contributed by atoms with Crippen LogP contribution in [0.1, 0.15) is 21.8 Å². The number of imidazole rings is 1. The van der Waals surface area contributed by atoms with E-state index in [4.69, 9.17) is 4.74 Å². The zero-order valence-corrected chi connectivity index (χ0v) is 21.8. The average Bonchev–Trinajstić information content (AvgIpc) is 3.53. The van der Waals surface area contributed by atoms with E-state index in [0.717, 1.165) is 32.6 Å². The van der Waals surface area contributed by atoms with Gasteiger partial charge >= 0.3 is 0 Å². The molecule has 3 N–H and O–H groups in total. The Hall–Kier alpha value is -3.96. The molecule has 0 aliphatic heterocycles. The molecule has 0 aliphatic rings. The molecule has 0 atom stereocenters. The number of thioether (sulfide) groups is 1. The number of pyridine rings is 1. The summed E-state index contributed by atoms with van der Waals surface area (Å²) >= 11 is 3.22. The molecule has 5 aromatic rings. The number of fused-ring (bicyclic) bond motifs is 1. The number of amides is 1. The Labute approximate surface area is 221 Å². The highest BCUT2D eigenvalue weighted by Crippen LogP contribution is 2.35. The van der Waals surface area contributed by atoms with Crippen molar-refractivity contribution in [3.05, 3.63) is 65.3 Å². The summed E-state index contributed by atoms with van der Waals surface area (Å²) < 4.78 is 6.33. The summed E-state index contributed by atoms with van der Waals surface area (Å²) in [5.41, 5.74) is 4.10. The van der Waals surface area contributed by atoms with E-state index in [0.29, 0.717) is 40.4 Å². The van der Waals surface area contributed by atoms with Gasteiger partial charge in [-0.2, -0.15) is 0 Å². The van der Waals surface area contributed by atoms with Gasteiger partial charge in [0.2, 0.25) is 5.88 Å². The number of methoxy groups -OCH3 is 1. The van der Waals surface area contributed by atoms with Crippen LogP contribution in [0.3, 0.4) is 0 Å². The maximum absolute atomic E-state index is 12.7. The molecule has 188 valence electrons. The van der Waals surface area contributed by atoms with E-state index in [2.05, 4.69) is 30.5 Å². The van der Waals surface area contributed by atoms with Gasteiger partial charge in [-0.05, 0) is 61.4 Å². The van der Waals surface area contributed by atoms with Crippen molar-refractivity contribution in [1.82, 2.24) is 30.5 Å². The molecule has 1 amide bonds. The second kappa shape index (κ2) is 11.0. The van der Waals surface area contributed by atoms with Crippen molar-refractivity contribution in [2.75, 3.05) is 19.4 Å². The molecular formula is C26H24N6O3S2. The maximum Gasteiger partial charge on any atom is 0.251 e. The third-order valence-corrected chi connectivity index (χ3v) is 7.67. The summed E-state index contributed by atoms with van der Waals surface area (Å²) in [6, 6.07) is 14.3. The predicted molar refractivity (Wildman–Crippen MR) is 145 cm³/mol. The lowest BCUT2D eigenvalue weighted by atomic mass is 10.0. The van der Waals surface area contributed by atoms with Gasteiger partial charge in [0.25, 0.3) is 5.91 Å². The number of rotatable bonds is 9. The molecule has 11 heteroatoms. The van der Waals surface area contributed by atoms with E-state index in [1.165, 1.54) is 0 Å². The lowest BCUT2D eigenvalue weighted by molar-refractivity contribution is 0.0954. The number of hydrogen-bond donors (Lipinski definition) is 3. The van der Waals surface area contributed by atoms with Gasteiger partial charge in [0.05, 0.1) is 23.7 Å². The molecule has 5 rings (SSSR count). The summed E-state index contributed by atoms with van der Waals surface area (Å²) in [4.78, 5) is 24.8. The highest BCUT2D eigenvalue weighted by atomic mass is 32.2. The first-order chi connectivity index (χ1) is 18.0. The molecule has 3 heterocycles. The van der Waals surface area contributed by atoms with Crippen LogP contribution < -0.4 is 10.1 Å². The lowest BCUT2D eigenvalue weighted by Crippen LogP contribution is -2.24. The molecule has 3 aromatic heterocycles. The molecule has 37 heavy (non-hydrogen) atoms. The molecule has 0 unspecified atom stereocenters. The molecule has 2 aromatic carbocycles. The van der Waals surface area contributed by atoms with E-state index in [1.807, 2.05) is 25.1 Å². The minimum atomic E-state index is -0.150. The normalized spacial score (nSPS) is 11.1. The Bertz CT molecular complexity index is 1570. The number of carbonyl (C=O) groups is 1. The Morgan fingerprint density at radius 1 is 1.16 bits per heavy atom. The third-order valence-electron chi connectivity index (χ3n) is 5.61. The van der Waals surface area contributed by atoms with Crippen molar-refractivity contribution in [2.24, 2.45) is 0 Å². The monoisotopic (exact) mass is 532 g/mol. The maximum atomic E-state index is 12.7. The van der Waals surface area contributed by atoms with E-state index in [9.17, 15) is 9.90 Å². The third kappa shape index (κ3) is 5.57. The number of H-pyrrole nitrogens is 1. The van der Waals surface area contributed by atoms with E-state index >= 15 is 0 Å². The quantitative estimate of drug-likeness (QED) is 0.177. The Morgan fingerprint density at radius 3 is 2.86 bits per heavy atom. The smallest absolute Gasteiger partial charge is 0.251 e. The summed E-state index contributed by atoms with van der Waals surface area (Å²) in [6.45, 7) is 2.50. The molecule has 0 radical (unpaired) electrons. The molecule has 0 saturated carbocycles. The van der Waals surface area contributed by atoms with E-state index in [1.54, 1.807) is 66.7 Å². The van der Waals surface area contributed by atoms with Crippen LogP contribution in [0.4, 0.5) is 0 Å². The van der Waals surface area contributed by atoms with Gasteiger partial charge < -0.3 is 20.1 Å². The van der Waals surface area contributed by atoms with Crippen LogP contribution in [-0.4, -0.2) is 55.6 Å². The fourth-order valence-electron chi connectivity index (χ4n) is 3.82. The number of nitrogens with one attached hydrogen (secondary N) is 2. The Morgan fingerprint density at radius 2 is 2.05 bits per heavy atom. The second-order valence-corrected chi connectivity index (χ2v) is 10.7. The highest BCUT2D eigenvalue weighted by Gasteiger charge is 2.15. The van der Waals surface area contributed by atoms with Gasteiger partial charge in [0.15, 0.2) is 4.34 Å². The largest absolute Gasteiger partial charge is 0.507 e. The zero-order chi connectivity index (χ0) is 25.8. The zero-order valence-electron chi connectivity index (χ0n) is 20.2. The van der Waals surface area contributed by atoms with Crippen molar-refractivity contribution in [1.29, 1.82) is 0 Å². The summed E-state index contributed by atoms with van der Waals surface area (Å²) in [7, 11) is 1.57. The molecule has 9 nitrogen and oxygen atoms in total. The fourth-order valence-corrected chi connectivity index (χ4v) is 5.64. The van der Waals surface area contributed by atoms with Crippen LogP contribution in [0.25, 0.3) is 33.5 Å². The van der Waals surface area contributed by atoms with Crippen LogP contribution in [0.5, 0.6) is 11.6 Å². The fraction of sp³-hybridized carbons (Fsp3) is 0.192. The van der Waals surface area contributed by atoms with Gasteiger partial charge in [-0.25, -0.2) is 9.97 Å². The first kappa shape index (κ1) is 24.7. The topological polar surface area (TPSA) is 126 Å². The van der Waals surface area contributed by atoms with Gasteiger partial charge in [-0.3, -0.25) is 4.79 Å². The number of carbonyl (C=O) groups excluding carboxylic acids is 1. The van der Waals surface area contributed by atoms with E-state index in [-0.39, 0.29) is 11.7 Å². The predicted octanol–water partition coefficient (Wildman–Crippen LogP) is 5.08. The van der Waals surface area contributed by atoms with Crippen LogP contribution in [0, 0.1) is 6.92 Å². The molecule has 0 aliphatic carbocycles. The number of aromatic amines is 1.